The smallest absolute Gasteiger partial charge is 0.244 e. The van der Waals surface area contributed by atoms with E-state index in [1.165, 1.54) is 4.90 Å². The van der Waals surface area contributed by atoms with Gasteiger partial charge < -0.3 is 10.2 Å². The van der Waals surface area contributed by atoms with E-state index >= 15 is 0 Å². The van der Waals surface area contributed by atoms with Crippen LogP contribution in [0.3, 0.4) is 0 Å². The number of carbonyl (C=O) groups excluding carboxylic acids is 2. The number of rotatable bonds is 12. The van der Waals surface area contributed by atoms with Gasteiger partial charge in [-0.05, 0) is 48.6 Å². The normalized spacial score (nSPS) is 12.2. The molecule has 0 aliphatic heterocycles. The summed E-state index contributed by atoms with van der Waals surface area (Å²) in [7, 11) is -3.87. The predicted molar refractivity (Wildman–Crippen MR) is 167 cm³/mol. The Labute approximate surface area is 253 Å². The number of benzene rings is 3. The highest BCUT2D eigenvalue weighted by Crippen LogP contribution is 2.29. The lowest BCUT2D eigenvalue weighted by Gasteiger charge is -2.34. The molecule has 3 rings (SSSR count). The zero-order valence-electron chi connectivity index (χ0n) is 24.0. The Balaban J connectivity index is 2.13. The van der Waals surface area contributed by atoms with Gasteiger partial charge in [-0.2, -0.15) is 0 Å². The van der Waals surface area contributed by atoms with Crippen molar-refractivity contribution in [3.8, 4) is 0 Å². The number of nitrogens with zero attached hydrogens (tertiary/aromatic N) is 2. The zero-order chi connectivity index (χ0) is 30.3. The molecule has 1 atom stereocenters. The van der Waals surface area contributed by atoms with E-state index in [4.69, 9.17) is 23.2 Å². The van der Waals surface area contributed by atoms with E-state index in [2.05, 4.69) is 5.32 Å². The fourth-order valence-electron chi connectivity index (χ4n) is 4.61. The maximum Gasteiger partial charge on any atom is 0.244 e. The van der Waals surface area contributed by atoms with E-state index in [0.717, 1.165) is 16.1 Å². The Morgan fingerprint density at radius 2 is 1.44 bits per heavy atom. The van der Waals surface area contributed by atoms with Crippen LogP contribution in [0.2, 0.25) is 10.0 Å². The molecule has 3 aromatic carbocycles. The molecule has 7 nitrogen and oxygen atoms in total. The van der Waals surface area contributed by atoms with Gasteiger partial charge in [-0.3, -0.25) is 13.9 Å². The Morgan fingerprint density at radius 3 is 1.98 bits per heavy atom. The quantitative estimate of drug-likeness (QED) is 0.279. The fourth-order valence-corrected chi connectivity index (χ4v) is 6.09. The van der Waals surface area contributed by atoms with Gasteiger partial charge in [0, 0.05) is 35.1 Å². The minimum absolute atomic E-state index is 0.0890. The zero-order valence-corrected chi connectivity index (χ0v) is 26.4. The van der Waals surface area contributed by atoms with Crippen molar-refractivity contribution in [1.82, 2.24) is 10.2 Å². The summed E-state index contributed by atoms with van der Waals surface area (Å²) >= 11 is 13.0. The van der Waals surface area contributed by atoms with Crippen molar-refractivity contribution in [2.24, 2.45) is 5.92 Å². The van der Waals surface area contributed by atoms with E-state index in [1.807, 2.05) is 50.2 Å². The lowest BCUT2D eigenvalue weighted by molar-refractivity contribution is -0.140. The topological polar surface area (TPSA) is 86.8 Å². The Bertz CT molecular complexity index is 1440. The number of para-hydroxylation sites is 1. The summed E-state index contributed by atoms with van der Waals surface area (Å²) in [6.45, 7) is 7.37. The highest BCUT2D eigenvalue weighted by molar-refractivity contribution is 7.92. The molecule has 0 radical (unpaired) electrons. The van der Waals surface area contributed by atoms with E-state index in [-0.39, 0.29) is 24.8 Å². The number of amides is 2. The molecule has 0 fully saturated rings. The lowest BCUT2D eigenvalue weighted by Crippen LogP contribution is -2.53. The van der Waals surface area contributed by atoms with Crippen molar-refractivity contribution in [3.63, 3.8) is 0 Å². The molecule has 0 saturated heterocycles. The van der Waals surface area contributed by atoms with Gasteiger partial charge in [-0.1, -0.05) is 91.6 Å². The van der Waals surface area contributed by atoms with Crippen LogP contribution in [0, 0.1) is 19.8 Å². The number of anilines is 1. The molecule has 41 heavy (non-hydrogen) atoms. The highest BCUT2D eigenvalue weighted by atomic mass is 35.5. The van der Waals surface area contributed by atoms with Crippen molar-refractivity contribution in [2.75, 3.05) is 23.7 Å². The molecule has 10 heteroatoms. The number of halogens is 2. The predicted octanol–water partition coefficient (Wildman–Crippen LogP) is 5.79. The number of nitrogens with one attached hydrogen (secondary N) is 1. The minimum atomic E-state index is -3.87. The summed E-state index contributed by atoms with van der Waals surface area (Å²) < 4.78 is 27.2. The SMILES string of the molecule is Cc1cccc(C)c1N(CC(=O)N(Cc1c(Cl)cccc1Cl)[C@H](Cc1ccccc1)C(=O)NCC(C)C)S(C)(=O)=O. The van der Waals surface area contributed by atoms with Gasteiger partial charge in [0.05, 0.1) is 11.9 Å². The van der Waals surface area contributed by atoms with Crippen LogP contribution < -0.4 is 9.62 Å². The molecule has 0 aliphatic carbocycles. The fraction of sp³-hybridized carbons (Fsp3) is 0.355. The Kier molecular flexibility index (Phi) is 11.2. The Morgan fingerprint density at radius 1 is 0.878 bits per heavy atom. The van der Waals surface area contributed by atoms with E-state index in [0.29, 0.717) is 39.0 Å². The third-order valence-corrected chi connectivity index (χ3v) is 8.53. The second-order valence-electron chi connectivity index (χ2n) is 10.6. The van der Waals surface area contributed by atoms with Gasteiger partial charge in [-0.25, -0.2) is 8.42 Å². The van der Waals surface area contributed by atoms with Crippen molar-refractivity contribution in [1.29, 1.82) is 0 Å². The van der Waals surface area contributed by atoms with Crippen LogP contribution in [0.15, 0.2) is 66.7 Å². The Hall–Kier alpha value is -3.07. The van der Waals surface area contributed by atoms with Crippen molar-refractivity contribution in [2.45, 2.75) is 46.7 Å². The van der Waals surface area contributed by atoms with E-state index in [1.54, 1.807) is 44.2 Å². The van der Waals surface area contributed by atoms with Crippen LogP contribution in [0.1, 0.15) is 36.1 Å². The first-order chi connectivity index (χ1) is 19.3. The van der Waals surface area contributed by atoms with E-state index in [9.17, 15) is 18.0 Å². The molecule has 0 heterocycles. The minimum Gasteiger partial charge on any atom is -0.354 e. The summed E-state index contributed by atoms with van der Waals surface area (Å²) in [4.78, 5) is 29.4. The van der Waals surface area contributed by atoms with Crippen LogP contribution in [0.4, 0.5) is 5.69 Å². The largest absolute Gasteiger partial charge is 0.354 e. The van der Waals surface area contributed by atoms with Gasteiger partial charge in [-0.15, -0.1) is 0 Å². The third kappa shape index (κ3) is 8.71. The summed E-state index contributed by atoms with van der Waals surface area (Å²) in [6.07, 6.45) is 1.28. The van der Waals surface area contributed by atoms with Crippen LogP contribution >= 0.6 is 23.2 Å². The van der Waals surface area contributed by atoms with Gasteiger partial charge in [0.15, 0.2) is 0 Å². The summed E-state index contributed by atoms with van der Waals surface area (Å²) in [5, 5.41) is 3.63. The number of aryl methyl sites for hydroxylation is 2. The molecule has 1 N–H and O–H groups in total. The van der Waals surface area contributed by atoms with Crippen LogP contribution in [-0.2, 0) is 32.6 Å². The second-order valence-corrected chi connectivity index (χ2v) is 13.3. The van der Waals surface area contributed by atoms with Crippen molar-refractivity contribution in [3.05, 3.63) is 99.0 Å². The molecule has 0 spiro atoms. The first-order valence-corrected chi connectivity index (χ1v) is 16.0. The standard InChI is InChI=1S/C31H37Cl2N3O4S/c1-21(2)18-34-31(38)28(17-24-13-7-6-8-14-24)35(19-25-26(32)15-10-16-27(25)33)29(37)20-36(41(5,39)40)30-22(3)11-9-12-23(30)4/h6-16,21,28H,17-20H2,1-5H3,(H,34,38)/t28-/m1/s1. The number of hydrogen-bond acceptors (Lipinski definition) is 4. The maximum atomic E-state index is 14.3. The molecular weight excluding hydrogens is 581 g/mol. The maximum absolute atomic E-state index is 14.3. The summed E-state index contributed by atoms with van der Waals surface area (Å²) in [5.41, 5.74) is 3.16. The summed E-state index contributed by atoms with van der Waals surface area (Å²) in [6, 6.07) is 18.8. The molecule has 220 valence electrons. The summed E-state index contributed by atoms with van der Waals surface area (Å²) in [5.74, 6) is -0.727. The molecule has 0 bridgehead atoms. The van der Waals surface area contributed by atoms with E-state index < -0.39 is 28.5 Å². The average Bonchev–Trinajstić information content (AvgIpc) is 2.90. The molecule has 0 saturated carbocycles. The molecule has 3 aromatic rings. The average molecular weight is 619 g/mol. The number of carbonyl (C=O) groups is 2. The second kappa shape index (κ2) is 14.2. The van der Waals surface area contributed by atoms with Gasteiger partial charge in [0.1, 0.15) is 12.6 Å². The van der Waals surface area contributed by atoms with Crippen molar-refractivity contribution < 1.29 is 18.0 Å². The molecule has 2 amide bonds. The first kappa shape index (κ1) is 32.4. The van der Waals surface area contributed by atoms with Crippen LogP contribution in [0.25, 0.3) is 0 Å². The third-order valence-electron chi connectivity index (χ3n) is 6.71. The van der Waals surface area contributed by atoms with Gasteiger partial charge >= 0.3 is 0 Å². The highest BCUT2D eigenvalue weighted by Gasteiger charge is 2.34. The molecular formula is C31H37Cl2N3O4S. The van der Waals surface area contributed by atoms with Crippen LogP contribution in [0.5, 0.6) is 0 Å². The molecule has 0 aliphatic rings. The van der Waals surface area contributed by atoms with Crippen molar-refractivity contribution >= 4 is 50.7 Å². The number of hydrogen-bond donors (Lipinski definition) is 1. The van der Waals surface area contributed by atoms with Gasteiger partial charge in [0.25, 0.3) is 0 Å². The lowest BCUT2D eigenvalue weighted by atomic mass is 10.0. The van der Waals surface area contributed by atoms with Gasteiger partial charge in [0.2, 0.25) is 21.8 Å². The monoisotopic (exact) mass is 617 g/mol. The molecule has 0 aromatic heterocycles. The first-order valence-electron chi connectivity index (χ1n) is 13.4. The number of sulfonamides is 1. The van der Waals surface area contributed by atoms with Crippen LogP contribution in [-0.4, -0.2) is 50.5 Å². The molecule has 0 unspecified atom stereocenters.